The van der Waals surface area contributed by atoms with Crippen LogP contribution in [-0.4, -0.2) is 7.11 Å². The number of halogens is 3. The molecule has 0 saturated heterocycles. The van der Waals surface area contributed by atoms with Crippen molar-refractivity contribution in [2.75, 3.05) is 7.11 Å². The number of rotatable bonds is 3. The van der Waals surface area contributed by atoms with Gasteiger partial charge in [0.05, 0.1) is 17.6 Å². The van der Waals surface area contributed by atoms with Crippen LogP contribution in [0.2, 0.25) is 0 Å². The molecule has 0 fully saturated rings. The second-order valence-corrected chi connectivity index (χ2v) is 6.26. The molecule has 0 heterocycles. The largest absolute Gasteiger partial charge is 0.496 e. The molecular formula is C15H14Br2FNO. The average Bonchev–Trinajstić information content (AvgIpc) is 2.43. The fourth-order valence-corrected chi connectivity index (χ4v) is 2.82. The van der Waals surface area contributed by atoms with Crippen LogP contribution >= 0.6 is 31.9 Å². The lowest BCUT2D eigenvalue weighted by atomic mass is 9.95. The molecule has 0 aliphatic carbocycles. The highest BCUT2D eigenvalue weighted by molar-refractivity contribution is 9.10. The van der Waals surface area contributed by atoms with Crippen molar-refractivity contribution in [1.29, 1.82) is 0 Å². The molecule has 0 aromatic heterocycles. The molecule has 20 heavy (non-hydrogen) atoms. The zero-order valence-electron chi connectivity index (χ0n) is 11.1. The minimum Gasteiger partial charge on any atom is -0.496 e. The highest BCUT2D eigenvalue weighted by Gasteiger charge is 2.18. The highest BCUT2D eigenvalue weighted by atomic mass is 79.9. The standard InChI is InChI=1S/C15H14Br2FNO/c1-8-3-4-9(16)5-10(8)15(19)11-6-12(17)13(18)7-14(11)20-2/h3-7,15H,19H2,1-2H3. The highest BCUT2D eigenvalue weighted by Crippen LogP contribution is 2.34. The molecule has 1 unspecified atom stereocenters. The molecule has 2 N–H and O–H groups in total. The van der Waals surface area contributed by atoms with Crippen molar-refractivity contribution in [2.24, 2.45) is 5.73 Å². The summed E-state index contributed by atoms with van der Waals surface area (Å²) in [5.41, 5.74) is 9.12. The van der Waals surface area contributed by atoms with Crippen LogP contribution in [0.3, 0.4) is 0 Å². The summed E-state index contributed by atoms with van der Waals surface area (Å²) in [4.78, 5) is 0. The molecule has 5 heteroatoms. The van der Waals surface area contributed by atoms with E-state index in [0.717, 1.165) is 21.2 Å². The molecule has 1 atom stereocenters. The Morgan fingerprint density at radius 1 is 1.15 bits per heavy atom. The summed E-state index contributed by atoms with van der Waals surface area (Å²) in [6.45, 7) is 1.99. The van der Waals surface area contributed by atoms with Crippen molar-refractivity contribution < 1.29 is 9.13 Å². The lowest BCUT2D eigenvalue weighted by molar-refractivity contribution is 0.404. The van der Waals surface area contributed by atoms with Crippen molar-refractivity contribution in [2.45, 2.75) is 13.0 Å². The van der Waals surface area contributed by atoms with Crippen molar-refractivity contribution in [3.8, 4) is 5.75 Å². The SMILES string of the molecule is COc1cc(F)c(Br)cc1C(N)c1cc(Br)ccc1C. The molecule has 0 aliphatic rings. The number of methoxy groups -OCH3 is 1. The first-order valence-corrected chi connectivity index (χ1v) is 7.57. The zero-order valence-corrected chi connectivity index (χ0v) is 14.3. The third-order valence-corrected chi connectivity index (χ3v) is 4.28. The van der Waals surface area contributed by atoms with Gasteiger partial charge in [0.2, 0.25) is 0 Å². The predicted octanol–water partition coefficient (Wildman–Crippen LogP) is 4.72. The van der Waals surface area contributed by atoms with Gasteiger partial charge in [0.15, 0.2) is 0 Å². The second kappa shape index (κ2) is 6.24. The first-order chi connectivity index (χ1) is 9.43. The Morgan fingerprint density at radius 2 is 1.85 bits per heavy atom. The first-order valence-electron chi connectivity index (χ1n) is 5.98. The topological polar surface area (TPSA) is 35.2 Å². The lowest BCUT2D eigenvalue weighted by Gasteiger charge is -2.19. The summed E-state index contributed by atoms with van der Waals surface area (Å²) in [6.07, 6.45) is 0. The minimum atomic E-state index is -0.389. The predicted molar refractivity (Wildman–Crippen MR) is 85.6 cm³/mol. The van der Waals surface area contributed by atoms with Gasteiger partial charge in [-0.2, -0.15) is 0 Å². The number of aryl methyl sites for hydroxylation is 1. The molecule has 2 nitrogen and oxygen atoms in total. The van der Waals surface area contributed by atoms with E-state index in [2.05, 4.69) is 31.9 Å². The van der Waals surface area contributed by atoms with Gasteiger partial charge >= 0.3 is 0 Å². The van der Waals surface area contributed by atoms with Crippen molar-refractivity contribution in [1.82, 2.24) is 0 Å². The zero-order chi connectivity index (χ0) is 14.9. The summed E-state index contributed by atoms with van der Waals surface area (Å²) in [6, 6.07) is 8.54. The Hall–Kier alpha value is -0.910. The fraction of sp³-hybridized carbons (Fsp3) is 0.200. The number of benzene rings is 2. The summed E-state index contributed by atoms with van der Waals surface area (Å²) in [5, 5.41) is 0. The lowest BCUT2D eigenvalue weighted by Crippen LogP contribution is -2.15. The van der Waals surface area contributed by atoms with Crippen molar-refractivity contribution >= 4 is 31.9 Å². The van der Waals surface area contributed by atoms with Gasteiger partial charge in [0, 0.05) is 16.1 Å². The van der Waals surface area contributed by atoms with Crippen molar-refractivity contribution in [3.63, 3.8) is 0 Å². The van der Waals surface area contributed by atoms with Gasteiger partial charge in [-0.25, -0.2) is 4.39 Å². The van der Waals surface area contributed by atoms with Crippen LogP contribution in [0.4, 0.5) is 4.39 Å². The van der Waals surface area contributed by atoms with E-state index in [0.29, 0.717) is 10.2 Å². The second-order valence-electron chi connectivity index (χ2n) is 4.49. The summed E-state index contributed by atoms with van der Waals surface area (Å²) in [7, 11) is 1.51. The van der Waals surface area contributed by atoms with Crippen LogP contribution in [0.15, 0.2) is 39.3 Å². The third kappa shape index (κ3) is 3.05. The van der Waals surface area contributed by atoms with E-state index in [1.54, 1.807) is 6.07 Å². The quantitative estimate of drug-likeness (QED) is 0.806. The van der Waals surface area contributed by atoms with Gasteiger partial charge in [0.25, 0.3) is 0 Å². The normalized spacial score (nSPS) is 12.3. The molecule has 2 rings (SSSR count). The maximum absolute atomic E-state index is 13.6. The van der Waals surface area contributed by atoms with Gasteiger partial charge in [-0.15, -0.1) is 0 Å². The number of hydrogen-bond donors (Lipinski definition) is 1. The van der Waals surface area contributed by atoms with Gasteiger partial charge in [-0.3, -0.25) is 0 Å². The van der Waals surface area contributed by atoms with Crippen LogP contribution < -0.4 is 10.5 Å². The molecule has 2 aromatic carbocycles. The number of hydrogen-bond acceptors (Lipinski definition) is 2. The molecular weight excluding hydrogens is 389 g/mol. The third-order valence-electron chi connectivity index (χ3n) is 3.18. The Labute approximate surface area is 134 Å². The monoisotopic (exact) mass is 401 g/mol. The van der Waals surface area contributed by atoms with Crippen LogP contribution in [0.5, 0.6) is 5.75 Å². The Kier molecular flexibility index (Phi) is 4.83. The minimum absolute atomic E-state index is 0.372. The van der Waals surface area contributed by atoms with Crippen molar-refractivity contribution in [3.05, 3.63) is 61.8 Å². The molecule has 0 saturated carbocycles. The molecule has 106 valence electrons. The Balaban J connectivity index is 2.55. The van der Waals surface area contributed by atoms with E-state index >= 15 is 0 Å². The molecule has 0 radical (unpaired) electrons. The molecule has 0 amide bonds. The Morgan fingerprint density at radius 3 is 2.50 bits per heavy atom. The summed E-state index contributed by atoms with van der Waals surface area (Å²) in [5.74, 6) is 0.0707. The smallest absolute Gasteiger partial charge is 0.141 e. The molecule has 0 aliphatic heterocycles. The van der Waals surface area contributed by atoms with E-state index in [-0.39, 0.29) is 11.9 Å². The maximum Gasteiger partial charge on any atom is 0.141 e. The van der Waals surface area contributed by atoms with Crippen LogP contribution in [0, 0.1) is 12.7 Å². The van der Waals surface area contributed by atoms with Gasteiger partial charge in [-0.1, -0.05) is 22.0 Å². The van der Waals surface area contributed by atoms with E-state index < -0.39 is 0 Å². The fourth-order valence-electron chi connectivity index (χ4n) is 2.08. The first kappa shape index (κ1) is 15.5. The van der Waals surface area contributed by atoms with E-state index in [1.165, 1.54) is 13.2 Å². The Bertz CT molecular complexity index is 646. The number of ether oxygens (including phenoxy) is 1. The van der Waals surface area contributed by atoms with Crippen LogP contribution in [-0.2, 0) is 0 Å². The van der Waals surface area contributed by atoms with Crippen LogP contribution in [0.1, 0.15) is 22.7 Å². The summed E-state index contributed by atoms with van der Waals surface area (Å²) < 4.78 is 20.1. The van der Waals surface area contributed by atoms with Gasteiger partial charge in [-0.05, 0) is 52.2 Å². The van der Waals surface area contributed by atoms with E-state index in [1.807, 2.05) is 25.1 Å². The number of nitrogens with two attached hydrogens (primary N) is 1. The maximum atomic E-state index is 13.6. The molecule has 0 bridgehead atoms. The molecule has 2 aromatic rings. The summed E-state index contributed by atoms with van der Waals surface area (Å²) >= 11 is 6.63. The van der Waals surface area contributed by atoms with Gasteiger partial charge in [0.1, 0.15) is 11.6 Å². The van der Waals surface area contributed by atoms with E-state index in [9.17, 15) is 4.39 Å². The molecule has 0 spiro atoms. The van der Waals surface area contributed by atoms with Gasteiger partial charge < -0.3 is 10.5 Å². The average molecular weight is 403 g/mol. The van der Waals surface area contributed by atoms with Crippen LogP contribution in [0.25, 0.3) is 0 Å². The van der Waals surface area contributed by atoms with E-state index in [4.69, 9.17) is 10.5 Å².